The molecule has 0 bridgehead atoms. The van der Waals surface area contributed by atoms with Crippen LogP contribution in [0.15, 0.2) is 12.7 Å². The van der Waals surface area contributed by atoms with Crippen LogP contribution in [0.25, 0.3) is 5.53 Å². The van der Waals surface area contributed by atoms with Gasteiger partial charge >= 0.3 is 17.1 Å². The van der Waals surface area contributed by atoms with E-state index in [1.54, 1.807) is 0 Å². The standard InChI is InChI=1S/C3H5.Mn.HN2/c1-3-2;;1-2/h3H,1-2H2;;1H/q-1;+2;-1. The van der Waals surface area contributed by atoms with E-state index in [2.05, 4.69) is 13.5 Å². The van der Waals surface area contributed by atoms with Crippen molar-refractivity contribution in [2.75, 3.05) is 0 Å². The molecular weight excluding hydrogens is 119 g/mol. The van der Waals surface area contributed by atoms with Gasteiger partial charge in [-0.05, 0) is 0 Å². The zero-order valence-electron chi connectivity index (χ0n) is 3.32. The van der Waals surface area contributed by atoms with Crippen molar-refractivity contribution in [1.29, 1.82) is 5.53 Å². The number of nitrogens with zero attached hydrogens (tertiary/aromatic N) is 1. The maximum absolute atomic E-state index is 6.25. The van der Waals surface area contributed by atoms with E-state index in [9.17, 15) is 0 Å². The van der Waals surface area contributed by atoms with Crippen LogP contribution in [0.4, 0.5) is 0 Å². The summed E-state index contributed by atoms with van der Waals surface area (Å²) in [6, 6.07) is 0. The third kappa shape index (κ3) is 380. The molecule has 0 aromatic heterocycles. The van der Waals surface area contributed by atoms with Crippen LogP contribution in [0.5, 0.6) is 0 Å². The van der Waals surface area contributed by atoms with Gasteiger partial charge in [-0.1, -0.05) is 0 Å². The number of hydrogen-bond acceptors (Lipinski definition) is 1. The molecule has 0 saturated carbocycles. The van der Waals surface area contributed by atoms with E-state index in [0.29, 0.717) is 0 Å². The van der Waals surface area contributed by atoms with Crippen LogP contribution < -0.4 is 0 Å². The molecular formula is C3H6MnN2. The van der Waals surface area contributed by atoms with Crippen LogP contribution in [0.1, 0.15) is 0 Å². The fourth-order valence-electron chi connectivity index (χ4n) is 0. The van der Waals surface area contributed by atoms with Gasteiger partial charge in [0.1, 0.15) is 0 Å². The van der Waals surface area contributed by atoms with Gasteiger partial charge in [-0.3, -0.25) is 0 Å². The molecule has 0 aromatic rings. The maximum Gasteiger partial charge on any atom is 2.00 e. The predicted molar refractivity (Wildman–Crippen MR) is 21.6 cm³/mol. The Kier molecular flexibility index (Phi) is 354. The Bertz CT molecular complexity index is 22.8. The van der Waals surface area contributed by atoms with Gasteiger partial charge in [0.25, 0.3) is 0 Å². The summed E-state index contributed by atoms with van der Waals surface area (Å²) in [6.45, 7) is 6.50. The second-order valence-corrected chi connectivity index (χ2v) is 0.289. The second kappa shape index (κ2) is 124. The van der Waals surface area contributed by atoms with Crippen molar-refractivity contribution in [3.8, 4) is 0 Å². The van der Waals surface area contributed by atoms with E-state index in [4.69, 9.17) is 11.1 Å². The molecule has 0 heterocycles. The van der Waals surface area contributed by atoms with Crippen LogP contribution in [0, 0.1) is 12.5 Å². The quantitative estimate of drug-likeness (QED) is 0.290. The summed E-state index contributed by atoms with van der Waals surface area (Å²) < 4.78 is 0. The predicted octanol–water partition coefficient (Wildman–Crippen LogP) is 1.59. The molecule has 2 nitrogen and oxygen atoms in total. The number of nitrogens with one attached hydrogen (secondary N) is 1. The summed E-state index contributed by atoms with van der Waals surface area (Å²) >= 11 is 0. The molecule has 0 aliphatic rings. The van der Waals surface area contributed by atoms with Crippen molar-refractivity contribution in [3.05, 3.63) is 25.1 Å². The Morgan fingerprint density at radius 2 is 1.67 bits per heavy atom. The monoisotopic (exact) mass is 125 g/mol. The molecule has 0 rings (SSSR count). The van der Waals surface area contributed by atoms with Gasteiger partial charge in [0, 0.05) is 0 Å². The molecule has 3 heteroatoms. The van der Waals surface area contributed by atoms with E-state index in [1.807, 2.05) is 0 Å². The van der Waals surface area contributed by atoms with Crippen LogP contribution in [-0.4, -0.2) is 0 Å². The number of rotatable bonds is 0. The SMILES string of the molecule is C=C[CH2-].[Mn+2].[N-]=N. The molecule has 0 unspecified atom stereocenters. The topological polar surface area (TPSA) is 46.2 Å². The molecule has 6 heavy (non-hydrogen) atoms. The van der Waals surface area contributed by atoms with E-state index >= 15 is 0 Å². The minimum atomic E-state index is 0. The zero-order valence-corrected chi connectivity index (χ0v) is 4.50. The van der Waals surface area contributed by atoms with Crippen LogP contribution in [0.3, 0.4) is 0 Å². The summed E-state index contributed by atoms with van der Waals surface area (Å²) in [5.41, 5.74) is 11.0. The first-order chi connectivity index (χ1) is 2.41. The summed E-state index contributed by atoms with van der Waals surface area (Å²) in [5, 5.41) is 0. The zero-order chi connectivity index (χ0) is 4.71. The van der Waals surface area contributed by atoms with E-state index in [1.165, 1.54) is 6.08 Å². The van der Waals surface area contributed by atoms with Crippen molar-refractivity contribution in [1.82, 2.24) is 0 Å². The third-order valence-electron chi connectivity index (χ3n) is 0. The third-order valence-corrected chi connectivity index (χ3v) is 0. The molecule has 0 saturated heterocycles. The molecule has 0 aliphatic heterocycles. The van der Waals surface area contributed by atoms with Gasteiger partial charge in [0.15, 0.2) is 0 Å². The molecule has 0 spiro atoms. The second-order valence-electron chi connectivity index (χ2n) is 0.289. The number of allylic oxidation sites excluding steroid dienone is 1. The van der Waals surface area contributed by atoms with Gasteiger partial charge in [-0.25, -0.2) is 19.6 Å². The first-order valence-corrected chi connectivity index (χ1v) is 1.04. The van der Waals surface area contributed by atoms with Crippen molar-refractivity contribution in [2.24, 2.45) is 0 Å². The van der Waals surface area contributed by atoms with Crippen molar-refractivity contribution >= 4 is 0 Å². The van der Waals surface area contributed by atoms with Gasteiger partial charge in [0.05, 0.1) is 0 Å². The summed E-state index contributed by atoms with van der Waals surface area (Å²) in [4.78, 5) is 0. The molecule has 0 aliphatic carbocycles. The van der Waals surface area contributed by atoms with Crippen molar-refractivity contribution < 1.29 is 17.1 Å². The van der Waals surface area contributed by atoms with Gasteiger partial charge < -0.3 is 11.1 Å². The smallest absolute Gasteiger partial charge is 0.715 e. The summed E-state index contributed by atoms with van der Waals surface area (Å²) in [6.07, 6.45) is 1.50. The Morgan fingerprint density at radius 1 is 1.67 bits per heavy atom. The van der Waals surface area contributed by atoms with Gasteiger partial charge in [-0.15, -0.1) is 0 Å². The average Bonchev–Trinajstić information content (AvgIpc) is 1.46. The Balaban J connectivity index is -0.0000000275. The molecule has 0 atom stereocenters. The normalized spacial score (nSPS) is 2.67. The number of hydrogen-bond donors (Lipinski definition) is 1. The van der Waals surface area contributed by atoms with Gasteiger partial charge in [0.2, 0.25) is 0 Å². The van der Waals surface area contributed by atoms with Crippen LogP contribution in [-0.2, 0) is 17.1 Å². The molecule has 1 N–H and O–H groups in total. The molecule has 0 aromatic carbocycles. The fourth-order valence-corrected chi connectivity index (χ4v) is 0. The van der Waals surface area contributed by atoms with Crippen molar-refractivity contribution in [3.63, 3.8) is 0 Å². The molecule has 0 fully saturated rings. The van der Waals surface area contributed by atoms with E-state index in [-0.39, 0.29) is 17.1 Å². The minimum Gasteiger partial charge on any atom is -0.715 e. The van der Waals surface area contributed by atoms with Crippen molar-refractivity contribution in [2.45, 2.75) is 0 Å². The van der Waals surface area contributed by atoms with Crippen LogP contribution in [0.2, 0.25) is 0 Å². The van der Waals surface area contributed by atoms with Crippen LogP contribution >= 0.6 is 0 Å². The Morgan fingerprint density at radius 3 is 1.67 bits per heavy atom. The first kappa shape index (κ1) is 17.2. The Labute approximate surface area is 48.4 Å². The molecule has 0 amide bonds. The minimum absolute atomic E-state index is 0. The largest absolute Gasteiger partial charge is 2.00 e. The first-order valence-electron chi connectivity index (χ1n) is 1.04. The van der Waals surface area contributed by atoms with E-state index in [0.717, 1.165) is 0 Å². The van der Waals surface area contributed by atoms with E-state index < -0.39 is 0 Å². The Hall–Kier alpha value is -0.271. The molecule has 1 radical (unpaired) electrons. The van der Waals surface area contributed by atoms with Gasteiger partial charge in [-0.2, -0.15) is 0 Å². The average molecular weight is 125 g/mol. The maximum atomic E-state index is 6.25. The molecule has 35 valence electrons. The summed E-state index contributed by atoms with van der Waals surface area (Å²) in [7, 11) is 0. The fraction of sp³-hybridized carbons (Fsp3) is 0. The summed E-state index contributed by atoms with van der Waals surface area (Å²) in [5.74, 6) is 0.